The van der Waals surface area contributed by atoms with Crippen molar-refractivity contribution in [3.05, 3.63) is 18.2 Å². The van der Waals surface area contributed by atoms with Crippen LogP contribution in [-0.2, 0) is 13.6 Å². The molecule has 58 valence electrons. The standard InChI is InChI=1S/C7H13N2.ClH/c1-4-9-5-7(2)8(3)6-9;/h5-6H,4H2,1-3H3;1H/q+1;/p-1. The Morgan fingerprint density at radius 3 is 2.40 bits per heavy atom. The lowest BCUT2D eigenvalue weighted by Crippen LogP contribution is -3.00. The highest BCUT2D eigenvalue weighted by Gasteiger charge is 2.00. The minimum Gasteiger partial charge on any atom is -1.00 e. The quantitative estimate of drug-likeness (QED) is 0.407. The molecule has 0 aliphatic carbocycles. The third-order valence-electron chi connectivity index (χ3n) is 1.60. The summed E-state index contributed by atoms with van der Waals surface area (Å²) in [5.41, 5.74) is 1.30. The summed E-state index contributed by atoms with van der Waals surface area (Å²) in [4.78, 5) is 0. The van der Waals surface area contributed by atoms with E-state index in [9.17, 15) is 0 Å². The molecule has 0 aliphatic rings. The van der Waals surface area contributed by atoms with Crippen LogP contribution in [0.15, 0.2) is 12.5 Å². The minimum absolute atomic E-state index is 0. The van der Waals surface area contributed by atoms with E-state index in [4.69, 9.17) is 0 Å². The Kier molecular flexibility index (Phi) is 3.43. The molecule has 3 heteroatoms. The Labute approximate surface area is 67.9 Å². The van der Waals surface area contributed by atoms with Gasteiger partial charge in [0.05, 0.1) is 13.6 Å². The summed E-state index contributed by atoms with van der Waals surface area (Å²) in [6.45, 7) is 5.30. The molecule has 0 aromatic carbocycles. The molecule has 1 aromatic rings. The van der Waals surface area contributed by atoms with Gasteiger partial charge in [-0.05, 0) is 6.92 Å². The number of aryl methyl sites for hydroxylation is 3. The Morgan fingerprint density at radius 1 is 1.60 bits per heavy atom. The molecule has 0 fully saturated rings. The molecule has 0 radical (unpaired) electrons. The highest BCUT2D eigenvalue weighted by Crippen LogP contribution is 1.88. The largest absolute Gasteiger partial charge is 1.00 e. The van der Waals surface area contributed by atoms with Crippen LogP contribution in [0, 0.1) is 6.92 Å². The summed E-state index contributed by atoms with van der Waals surface area (Å²) in [6, 6.07) is 0. The summed E-state index contributed by atoms with van der Waals surface area (Å²) >= 11 is 0. The van der Waals surface area contributed by atoms with Crippen LogP contribution in [0.1, 0.15) is 12.6 Å². The van der Waals surface area contributed by atoms with E-state index in [0.29, 0.717) is 0 Å². The van der Waals surface area contributed by atoms with Crippen molar-refractivity contribution in [3.8, 4) is 0 Å². The van der Waals surface area contributed by atoms with E-state index in [2.05, 4.69) is 42.6 Å². The lowest BCUT2D eigenvalue weighted by atomic mass is 10.5. The van der Waals surface area contributed by atoms with Crippen LogP contribution in [0.2, 0.25) is 0 Å². The highest BCUT2D eigenvalue weighted by molar-refractivity contribution is 4.86. The average molecular weight is 161 g/mol. The van der Waals surface area contributed by atoms with Crippen molar-refractivity contribution in [2.75, 3.05) is 0 Å². The molecule has 0 N–H and O–H groups in total. The maximum absolute atomic E-state index is 2.16. The smallest absolute Gasteiger partial charge is 0.243 e. The molecule has 1 rings (SSSR count). The third kappa shape index (κ3) is 1.74. The second kappa shape index (κ2) is 3.62. The average Bonchev–Trinajstić information content (AvgIpc) is 2.13. The molecule has 0 unspecified atom stereocenters. The van der Waals surface area contributed by atoms with Crippen molar-refractivity contribution in [2.45, 2.75) is 20.4 Å². The topological polar surface area (TPSA) is 8.81 Å². The van der Waals surface area contributed by atoms with Crippen LogP contribution >= 0.6 is 0 Å². The van der Waals surface area contributed by atoms with Crippen LogP contribution < -0.4 is 17.0 Å². The Morgan fingerprint density at radius 2 is 2.20 bits per heavy atom. The Balaban J connectivity index is 0.000000810. The van der Waals surface area contributed by atoms with Gasteiger partial charge in [-0.3, -0.25) is 0 Å². The van der Waals surface area contributed by atoms with Gasteiger partial charge in [-0.25, -0.2) is 9.13 Å². The number of imidazole rings is 1. The Bertz CT molecular complexity index is 186. The summed E-state index contributed by atoms with van der Waals surface area (Å²) in [5.74, 6) is 0. The molecule has 0 spiro atoms. The molecule has 0 atom stereocenters. The number of aromatic nitrogens is 2. The predicted molar refractivity (Wildman–Crippen MR) is 36.0 cm³/mol. The third-order valence-corrected chi connectivity index (χ3v) is 1.60. The molecular weight excluding hydrogens is 148 g/mol. The van der Waals surface area contributed by atoms with E-state index in [0.717, 1.165) is 6.54 Å². The normalized spacial score (nSPS) is 9.10. The van der Waals surface area contributed by atoms with E-state index >= 15 is 0 Å². The number of nitrogens with zero attached hydrogens (tertiary/aromatic N) is 2. The number of hydrogen-bond donors (Lipinski definition) is 0. The molecule has 2 nitrogen and oxygen atoms in total. The van der Waals surface area contributed by atoms with Gasteiger partial charge in [-0.1, -0.05) is 0 Å². The van der Waals surface area contributed by atoms with Crippen LogP contribution in [0.25, 0.3) is 0 Å². The molecule has 1 aromatic heterocycles. The molecule has 0 saturated heterocycles. The zero-order chi connectivity index (χ0) is 6.85. The highest BCUT2D eigenvalue weighted by atomic mass is 35.5. The predicted octanol–water partition coefficient (Wildman–Crippen LogP) is -2.36. The molecule has 0 aliphatic heterocycles. The van der Waals surface area contributed by atoms with Crippen molar-refractivity contribution < 1.29 is 17.0 Å². The molecular formula is C7H13ClN2. The lowest BCUT2D eigenvalue weighted by Gasteiger charge is -1.81. The molecule has 0 amide bonds. The lowest BCUT2D eigenvalue weighted by molar-refractivity contribution is -0.693. The Hall–Kier alpha value is -0.500. The van der Waals surface area contributed by atoms with Crippen LogP contribution in [0.5, 0.6) is 0 Å². The van der Waals surface area contributed by atoms with Gasteiger partial charge in [0.25, 0.3) is 0 Å². The van der Waals surface area contributed by atoms with Crippen molar-refractivity contribution >= 4 is 0 Å². The van der Waals surface area contributed by atoms with Gasteiger partial charge in [-0.15, -0.1) is 0 Å². The van der Waals surface area contributed by atoms with Crippen LogP contribution in [-0.4, -0.2) is 4.57 Å². The van der Waals surface area contributed by atoms with E-state index in [1.165, 1.54) is 5.69 Å². The number of rotatable bonds is 1. The van der Waals surface area contributed by atoms with Gasteiger partial charge in [-0.2, -0.15) is 0 Å². The summed E-state index contributed by atoms with van der Waals surface area (Å²) in [5, 5.41) is 0. The minimum atomic E-state index is 0. The van der Waals surface area contributed by atoms with E-state index in [-0.39, 0.29) is 12.4 Å². The van der Waals surface area contributed by atoms with Gasteiger partial charge in [0.1, 0.15) is 11.9 Å². The van der Waals surface area contributed by atoms with Gasteiger partial charge in [0.15, 0.2) is 0 Å². The molecule has 0 bridgehead atoms. The van der Waals surface area contributed by atoms with Gasteiger partial charge >= 0.3 is 0 Å². The maximum atomic E-state index is 2.16. The molecule has 10 heavy (non-hydrogen) atoms. The van der Waals surface area contributed by atoms with Crippen molar-refractivity contribution in [1.82, 2.24) is 4.57 Å². The van der Waals surface area contributed by atoms with E-state index < -0.39 is 0 Å². The fourth-order valence-electron chi connectivity index (χ4n) is 0.851. The fourth-order valence-corrected chi connectivity index (χ4v) is 0.851. The fraction of sp³-hybridized carbons (Fsp3) is 0.571. The maximum Gasteiger partial charge on any atom is 0.243 e. The molecule has 1 heterocycles. The van der Waals surface area contributed by atoms with Crippen molar-refractivity contribution in [1.29, 1.82) is 0 Å². The van der Waals surface area contributed by atoms with Crippen LogP contribution in [0.4, 0.5) is 0 Å². The first-order valence-electron chi connectivity index (χ1n) is 3.26. The summed E-state index contributed by atoms with van der Waals surface area (Å²) < 4.78 is 4.28. The zero-order valence-corrected chi connectivity index (χ0v) is 7.39. The SMILES string of the molecule is CC[n+]1cc(C)n(C)c1.[Cl-]. The van der Waals surface area contributed by atoms with E-state index in [1.54, 1.807) is 0 Å². The second-order valence-corrected chi connectivity index (χ2v) is 2.33. The van der Waals surface area contributed by atoms with Gasteiger partial charge < -0.3 is 12.4 Å². The van der Waals surface area contributed by atoms with Crippen molar-refractivity contribution in [2.24, 2.45) is 7.05 Å². The summed E-state index contributed by atoms with van der Waals surface area (Å²) in [6.07, 6.45) is 4.23. The molecule has 0 saturated carbocycles. The number of hydrogen-bond acceptors (Lipinski definition) is 0. The number of halogens is 1. The monoisotopic (exact) mass is 160 g/mol. The zero-order valence-electron chi connectivity index (χ0n) is 6.63. The second-order valence-electron chi connectivity index (χ2n) is 2.33. The van der Waals surface area contributed by atoms with Gasteiger partial charge in [0, 0.05) is 6.92 Å². The first-order valence-corrected chi connectivity index (χ1v) is 3.26. The summed E-state index contributed by atoms with van der Waals surface area (Å²) in [7, 11) is 2.06. The van der Waals surface area contributed by atoms with Crippen molar-refractivity contribution in [3.63, 3.8) is 0 Å². The first kappa shape index (κ1) is 9.50. The van der Waals surface area contributed by atoms with E-state index in [1.807, 2.05) is 0 Å². The van der Waals surface area contributed by atoms with Gasteiger partial charge in [0.2, 0.25) is 6.33 Å². The van der Waals surface area contributed by atoms with Crippen LogP contribution in [0.3, 0.4) is 0 Å². The first-order chi connectivity index (χ1) is 4.24.